The van der Waals surface area contributed by atoms with Gasteiger partial charge in [-0.2, -0.15) is 0 Å². The zero-order chi connectivity index (χ0) is 21.2. The number of allylic oxidation sites excluding steroid dienone is 1. The van der Waals surface area contributed by atoms with E-state index in [-0.39, 0.29) is 0 Å². The van der Waals surface area contributed by atoms with E-state index in [1.54, 1.807) is 12.1 Å². The highest BCUT2D eigenvalue weighted by atomic mass is 32.2. The van der Waals surface area contributed by atoms with Gasteiger partial charge in [0.15, 0.2) is 0 Å². The first-order chi connectivity index (χ1) is 13.9. The minimum atomic E-state index is -0.475. The molecule has 0 fully saturated rings. The Bertz CT molecular complexity index is 830. The summed E-state index contributed by atoms with van der Waals surface area (Å²) >= 11 is 0.962. The summed E-state index contributed by atoms with van der Waals surface area (Å²) in [5, 5.41) is 2.91. The summed E-state index contributed by atoms with van der Waals surface area (Å²) in [5.41, 5.74) is 2.66. The third-order valence-corrected chi connectivity index (χ3v) is 5.34. The maximum absolute atomic E-state index is 12.4. The molecule has 0 radical (unpaired) electrons. The minimum Gasteiger partial charge on any atom is -0.385 e. The lowest BCUT2D eigenvalue weighted by Crippen LogP contribution is -2.24. The van der Waals surface area contributed by atoms with Crippen molar-refractivity contribution < 1.29 is 9.59 Å². The molecule has 2 aromatic rings. The van der Waals surface area contributed by atoms with E-state index in [1.807, 2.05) is 42.5 Å². The maximum atomic E-state index is 12.4. The third-order valence-electron chi connectivity index (χ3n) is 4.46. The Morgan fingerprint density at radius 1 is 1.07 bits per heavy atom. The van der Waals surface area contributed by atoms with Crippen LogP contribution >= 0.6 is 11.8 Å². The second kappa shape index (κ2) is 11.5. The second-order valence-electron chi connectivity index (χ2n) is 7.34. The number of nitrogens with zero attached hydrogens (tertiary/aromatic N) is 1. The van der Waals surface area contributed by atoms with Gasteiger partial charge in [-0.05, 0) is 61.0 Å². The van der Waals surface area contributed by atoms with Crippen LogP contribution in [0.15, 0.2) is 71.3 Å². The number of rotatable bonds is 10. The zero-order valence-corrected chi connectivity index (χ0v) is 18.5. The fourth-order valence-corrected chi connectivity index (χ4v) is 3.77. The molecule has 4 nitrogen and oxygen atoms in total. The summed E-state index contributed by atoms with van der Waals surface area (Å²) in [6.45, 7) is 8.34. The molecule has 5 heteroatoms. The van der Waals surface area contributed by atoms with Crippen LogP contribution in [0, 0.1) is 5.92 Å². The number of anilines is 1. The van der Waals surface area contributed by atoms with Crippen molar-refractivity contribution in [2.24, 2.45) is 5.92 Å². The van der Waals surface area contributed by atoms with Crippen LogP contribution in [-0.4, -0.2) is 35.9 Å². The van der Waals surface area contributed by atoms with Gasteiger partial charge in [-0.15, -0.1) is 0 Å². The predicted molar refractivity (Wildman–Crippen MR) is 122 cm³/mol. The molecule has 0 spiro atoms. The lowest BCUT2D eigenvalue weighted by atomic mass is 10.1. The van der Waals surface area contributed by atoms with Crippen LogP contribution in [0.5, 0.6) is 0 Å². The Labute approximate surface area is 178 Å². The second-order valence-corrected chi connectivity index (χ2v) is 8.39. The van der Waals surface area contributed by atoms with E-state index in [2.05, 4.69) is 44.1 Å². The summed E-state index contributed by atoms with van der Waals surface area (Å²) < 4.78 is 0. The van der Waals surface area contributed by atoms with Gasteiger partial charge in [0.25, 0.3) is 5.12 Å². The van der Waals surface area contributed by atoms with Crippen molar-refractivity contribution in [2.45, 2.75) is 32.1 Å². The number of carbonyl (C=O) groups is 2. The molecule has 0 unspecified atom stereocenters. The molecule has 0 aromatic heterocycles. The molecule has 0 atom stereocenters. The number of ketones is 1. The number of Topliss-reactive ketones (excluding diaryl/α,β-unsaturated/α-hetero) is 1. The van der Waals surface area contributed by atoms with Gasteiger partial charge in [0.2, 0.25) is 5.78 Å². The van der Waals surface area contributed by atoms with Crippen molar-refractivity contribution in [3.63, 3.8) is 0 Å². The first-order valence-corrected chi connectivity index (χ1v) is 10.7. The van der Waals surface area contributed by atoms with E-state index in [1.165, 1.54) is 5.70 Å². The van der Waals surface area contributed by atoms with Gasteiger partial charge in [0.1, 0.15) is 0 Å². The van der Waals surface area contributed by atoms with Crippen molar-refractivity contribution >= 4 is 28.3 Å². The number of nitrogens with one attached hydrogen (secondary N) is 1. The maximum Gasteiger partial charge on any atom is 0.264 e. The number of benzene rings is 2. The molecule has 0 saturated carbocycles. The molecule has 0 aliphatic carbocycles. The Kier molecular flexibility index (Phi) is 9.00. The van der Waals surface area contributed by atoms with Crippen molar-refractivity contribution in [2.75, 3.05) is 25.5 Å². The van der Waals surface area contributed by atoms with Crippen molar-refractivity contribution in [3.8, 4) is 0 Å². The van der Waals surface area contributed by atoms with Crippen LogP contribution in [0.2, 0.25) is 0 Å². The lowest BCUT2D eigenvalue weighted by Gasteiger charge is -2.24. The van der Waals surface area contributed by atoms with Crippen LogP contribution in [0.4, 0.5) is 5.69 Å². The molecule has 0 saturated heterocycles. The van der Waals surface area contributed by atoms with Gasteiger partial charge in [0, 0.05) is 48.4 Å². The highest BCUT2D eigenvalue weighted by Gasteiger charge is 2.17. The van der Waals surface area contributed by atoms with Crippen molar-refractivity contribution in [1.82, 2.24) is 4.90 Å². The summed E-state index contributed by atoms with van der Waals surface area (Å²) in [5.74, 6) is 0.146. The molecule has 1 N–H and O–H groups in total. The Hall–Kier alpha value is -2.53. The third kappa shape index (κ3) is 7.42. The largest absolute Gasteiger partial charge is 0.385 e. The molecule has 0 amide bonds. The first kappa shape index (κ1) is 22.8. The number of hydrogen-bond donors (Lipinski definition) is 1. The predicted octanol–water partition coefficient (Wildman–Crippen LogP) is 5.48. The van der Waals surface area contributed by atoms with Gasteiger partial charge < -0.3 is 10.2 Å². The fraction of sp³-hybridized carbons (Fsp3) is 0.333. The molecule has 0 heterocycles. The van der Waals surface area contributed by atoms with Crippen LogP contribution in [0.3, 0.4) is 0 Å². The van der Waals surface area contributed by atoms with Crippen molar-refractivity contribution in [1.29, 1.82) is 0 Å². The van der Waals surface area contributed by atoms with Gasteiger partial charge in [0.05, 0.1) is 0 Å². The Morgan fingerprint density at radius 3 is 2.31 bits per heavy atom. The van der Waals surface area contributed by atoms with E-state index < -0.39 is 10.9 Å². The van der Waals surface area contributed by atoms with E-state index in [0.717, 1.165) is 41.9 Å². The quantitative estimate of drug-likeness (QED) is 0.319. The normalized spacial score (nSPS) is 11.4. The van der Waals surface area contributed by atoms with Gasteiger partial charge in [-0.1, -0.05) is 38.1 Å². The number of hydrogen-bond acceptors (Lipinski definition) is 5. The molecule has 2 aromatic carbocycles. The summed E-state index contributed by atoms with van der Waals surface area (Å²) in [7, 11) is 2.13. The van der Waals surface area contributed by atoms with Gasteiger partial charge in [-0.3, -0.25) is 9.59 Å². The smallest absolute Gasteiger partial charge is 0.264 e. The summed E-state index contributed by atoms with van der Waals surface area (Å²) in [6, 6.07) is 16.3. The minimum absolute atomic E-state index is 0.412. The van der Waals surface area contributed by atoms with Crippen LogP contribution in [0.25, 0.3) is 0 Å². The SMILES string of the molecule is C/C=C(/CCNc1ccc(C(=O)C(=O)Sc2ccccc2)cc1)N(C)CC(C)C. The lowest BCUT2D eigenvalue weighted by molar-refractivity contribution is -0.107. The molecule has 2 rings (SSSR count). The van der Waals surface area contributed by atoms with Crippen molar-refractivity contribution in [3.05, 3.63) is 71.9 Å². The van der Waals surface area contributed by atoms with E-state index in [4.69, 9.17) is 0 Å². The Morgan fingerprint density at radius 2 is 1.72 bits per heavy atom. The van der Waals surface area contributed by atoms with Gasteiger partial charge in [-0.25, -0.2) is 0 Å². The molecule has 29 heavy (non-hydrogen) atoms. The zero-order valence-electron chi connectivity index (χ0n) is 17.6. The van der Waals surface area contributed by atoms with Crippen LogP contribution in [0.1, 0.15) is 37.6 Å². The molecule has 0 aliphatic heterocycles. The first-order valence-electron chi connectivity index (χ1n) is 9.92. The average molecular weight is 411 g/mol. The standard InChI is InChI=1S/C24H30N2O2S/c1-5-21(26(4)17-18(2)3)15-16-25-20-13-11-19(12-14-20)23(27)24(28)29-22-9-7-6-8-10-22/h5-14,18,25H,15-17H2,1-4H3/b21-5-. The number of carbonyl (C=O) groups excluding carboxylic acids is 2. The molecular weight excluding hydrogens is 380 g/mol. The fourth-order valence-electron chi connectivity index (χ4n) is 3.05. The van der Waals surface area contributed by atoms with Crippen LogP contribution in [-0.2, 0) is 4.79 Å². The molecule has 154 valence electrons. The number of thioether (sulfide) groups is 1. The monoisotopic (exact) mass is 410 g/mol. The highest BCUT2D eigenvalue weighted by Crippen LogP contribution is 2.21. The van der Waals surface area contributed by atoms with Crippen LogP contribution < -0.4 is 5.32 Å². The van der Waals surface area contributed by atoms with E-state index in [9.17, 15) is 9.59 Å². The molecule has 0 aliphatic rings. The topological polar surface area (TPSA) is 49.4 Å². The Balaban J connectivity index is 1.86. The van der Waals surface area contributed by atoms with E-state index >= 15 is 0 Å². The average Bonchev–Trinajstić information content (AvgIpc) is 2.71. The van der Waals surface area contributed by atoms with E-state index in [0.29, 0.717) is 11.5 Å². The van der Waals surface area contributed by atoms with Gasteiger partial charge >= 0.3 is 0 Å². The highest BCUT2D eigenvalue weighted by molar-refractivity contribution is 8.15. The summed E-state index contributed by atoms with van der Waals surface area (Å²) in [4.78, 5) is 27.6. The summed E-state index contributed by atoms with van der Waals surface area (Å²) in [6.07, 6.45) is 3.08. The molecule has 0 bridgehead atoms. The molecular formula is C24H30N2O2S.